The molecule has 0 saturated carbocycles. The standard InChI is InChI=1S/C22H27N5O3.HI/c1-15(2)20-11-19(30-27-20)14-26-22(23-3)25-13-16-5-10-21(24-12-16)29-18-8-6-17(28-4)7-9-18;/h5-12,15H,13-14H2,1-4H3,(H2,23,25,26);1H. The van der Waals surface area contributed by atoms with E-state index in [1.807, 2.05) is 42.5 Å². The van der Waals surface area contributed by atoms with Gasteiger partial charge in [0.2, 0.25) is 5.88 Å². The third-order valence-electron chi connectivity index (χ3n) is 4.36. The quantitative estimate of drug-likeness (QED) is 0.249. The van der Waals surface area contributed by atoms with Crippen LogP contribution in [0.15, 0.2) is 58.2 Å². The summed E-state index contributed by atoms with van der Waals surface area (Å²) in [4.78, 5) is 8.58. The number of nitrogens with one attached hydrogen (secondary N) is 2. The highest BCUT2D eigenvalue weighted by atomic mass is 127. The first kappa shape index (κ1) is 24.4. The number of ether oxygens (including phenoxy) is 2. The number of nitrogens with zero attached hydrogens (tertiary/aromatic N) is 3. The molecule has 3 aromatic rings. The Kier molecular flexibility index (Phi) is 9.57. The molecular weight excluding hydrogens is 509 g/mol. The van der Waals surface area contributed by atoms with Gasteiger partial charge in [-0.05, 0) is 35.7 Å². The number of rotatable bonds is 8. The lowest BCUT2D eigenvalue weighted by Crippen LogP contribution is -2.36. The SMILES string of the molecule is CN=C(NCc1ccc(Oc2ccc(OC)cc2)nc1)NCc1cc(C(C)C)no1.I. The van der Waals surface area contributed by atoms with Crippen LogP contribution in [0.2, 0.25) is 0 Å². The third-order valence-corrected chi connectivity index (χ3v) is 4.36. The molecule has 0 unspecified atom stereocenters. The zero-order chi connectivity index (χ0) is 21.3. The summed E-state index contributed by atoms with van der Waals surface area (Å²) in [6, 6.07) is 13.1. The monoisotopic (exact) mass is 537 g/mol. The minimum Gasteiger partial charge on any atom is -0.497 e. The molecule has 0 fully saturated rings. The van der Waals surface area contributed by atoms with Crippen molar-refractivity contribution in [3.63, 3.8) is 0 Å². The zero-order valence-electron chi connectivity index (χ0n) is 18.1. The van der Waals surface area contributed by atoms with Gasteiger partial charge in [0.1, 0.15) is 11.5 Å². The molecule has 0 saturated heterocycles. The molecule has 2 aromatic heterocycles. The molecular formula is C22H28IN5O3. The van der Waals surface area contributed by atoms with Crippen LogP contribution in [-0.4, -0.2) is 30.3 Å². The van der Waals surface area contributed by atoms with E-state index in [9.17, 15) is 0 Å². The number of hydrogen-bond donors (Lipinski definition) is 2. The van der Waals surface area contributed by atoms with E-state index in [0.29, 0.717) is 36.6 Å². The van der Waals surface area contributed by atoms with E-state index >= 15 is 0 Å². The van der Waals surface area contributed by atoms with Crippen LogP contribution < -0.4 is 20.1 Å². The second kappa shape index (κ2) is 12.1. The summed E-state index contributed by atoms with van der Waals surface area (Å²) in [5.41, 5.74) is 1.94. The minimum atomic E-state index is 0. The molecule has 1 aromatic carbocycles. The Bertz CT molecular complexity index is 956. The first-order valence-corrected chi connectivity index (χ1v) is 9.74. The van der Waals surface area contributed by atoms with Gasteiger partial charge < -0.3 is 24.6 Å². The van der Waals surface area contributed by atoms with Crippen molar-refractivity contribution in [2.75, 3.05) is 14.2 Å². The van der Waals surface area contributed by atoms with E-state index in [1.165, 1.54) is 0 Å². The van der Waals surface area contributed by atoms with Crippen molar-refractivity contribution < 1.29 is 14.0 Å². The number of methoxy groups -OCH3 is 1. The topological polar surface area (TPSA) is 93.8 Å². The maximum Gasteiger partial charge on any atom is 0.219 e. The van der Waals surface area contributed by atoms with Gasteiger partial charge in [-0.1, -0.05) is 25.1 Å². The number of hydrogen-bond acceptors (Lipinski definition) is 6. The number of aromatic nitrogens is 2. The highest BCUT2D eigenvalue weighted by Crippen LogP contribution is 2.22. The molecule has 2 heterocycles. The fourth-order valence-corrected chi connectivity index (χ4v) is 2.60. The van der Waals surface area contributed by atoms with Crippen LogP contribution in [0, 0.1) is 0 Å². The smallest absolute Gasteiger partial charge is 0.219 e. The lowest BCUT2D eigenvalue weighted by molar-refractivity contribution is 0.372. The summed E-state index contributed by atoms with van der Waals surface area (Å²) < 4.78 is 16.2. The maximum atomic E-state index is 5.75. The Morgan fingerprint density at radius 2 is 1.77 bits per heavy atom. The lowest BCUT2D eigenvalue weighted by Gasteiger charge is -2.11. The zero-order valence-corrected chi connectivity index (χ0v) is 20.4. The van der Waals surface area contributed by atoms with Gasteiger partial charge in [0.25, 0.3) is 0 Å². The van der Waals surface area contributed by atoms with E-state index in [0.717, 1.165) is 22.8 Å². The molecule has 0 bridgehead atoms. The van der Waals surface area contributed by atoms with Crippen molar-refractivity contribution in [3.05, 3.63) is 65.7 Å². The van der Waals surface area contributed by atoms with Gasteiger partial charge in [-0.15, -0.1) is 24.0 Å². The Hall–Kier alpha value is -2.82. The number of halogens is 1. The van der Waals surface area contributed by atoms with Crippen LogP contribution in [-0.2, 0) is 13.1 Å². The van der Waals surface area contributed by atoms with Crippen LogP contribution >= 0.6 is 24.0 Å². The fraction of sp³-hybridized carbons (Fsp3) is 0.318. The average molecular weight is 537 g/mol. The van der Waals surface area contributed by atoms with E-state index in [2.05, 4.69) is 39.6 Å². The van der Waals surface area contributed by atoms with Crippen molar-refractivity contribution in [3.8, 4) is 17.4 Å². The van der Waals surface area contributed by atoms with E-state index in [4.69, 9.17) is 14.0 Å². The van der Waals surface area contributed by atoms with Gasteiger partial charge in [-0.2, -0.15) is 0 Å². The van der Waals surface area contributed by atoms with Crippen molar-refractivity contribution in [1.29, 1.82) is 0 Å². The molecule has 3 rings (SSSR count). The summed E-state index contributed by atoms with van der Waals surface area (Å²) in [5.74, 6) is 3.77. The maximum absolute atomic E-state index is 5.75. The van der Waals surface area contributed by atoms with Crippen LogP contribution in [0.4, 0.5) is 0 Å². The largest absolute Gasteiger partial charge is 0.497 e. The van der Waals surface area contributed by atoms with Crippen LogP contribution in [0.3, 0.4) is 0 Å². The summed E-state index contributed by atoms with van der Waals surface area (Å²) in [7, 11) is 3.35. The molecule has 0 spiro atoms. The number of benzene rings is 1. The minimum absolute atomic E-state index is 0. The molecule has 8 nitrogen and oxygen atoms in total. The number of aliphatic imine (C=N–C) groups is 1. The molecule has 0 radical (unpaired) electrons. The molecule has 0 aliphatic carbocycles. The van der Waals surface area contributed by atoms with Crippen molar-refractivity contribution in [1.82, 2.24) is 20.8 Å². The normalized spacial score (nSPS) is 11.1. The first-order valence-electron chi connectivity index (χ1n) is 9.74. The summed E-state index contributed by atoms with van der Waals surface area (Å²) >= 11 is 0. The van der Waals surface area contributed by atoms with Gasteiger partial charge in [0.15, 0.2) is 11.7 Å². The molecule has 2 N–H and O–H groups in total. The second-order valence-corrected chi connectivity index (χ2v) is 6.93. The first-order chi connectivity index (χ1) is 14.6. The van der Waals surface area contributed by atoms with Gasteiger partial charge in [-0.25, -0.2) is 4.98 Å². The summed E-state index contributed by atoms with van der Waals surface area (Å²) in [6.45, 7) is 5.24. The van der Waals surface area contributed by atoms with E-state index < -0.39 is 0 Å². The Morgan fingerprint density at radius 3 is 2.35 bits per heavy atom. The Balaban J connectivity index is 0.00000341. The molecule has 0 aliphatic heterocycles. The van der Waals surface area contributed by atoms with Crippen molar-refractivity contribution in [2.45, 2.75) is 32.9 Å². The van der Waals surface area contributed by atoms with Gasteiger partial charge in [0.05, 0.1) is 19.3 Å². The van der Waals surface area contributed by atoms with Crippen molar-refractivity contribution in [2.24, 2.45) is 4.99 Å². The summed E-state index contributed by atoms with van der Waals surface area (Å²) in [6.07, 6.45) is 1.77. The fourth-order valence-electron chi connectivity index (χ4n) is 2.60. The van der Waals surface area contributed by atoms with E-state index in [-0.39, 0.29) is 24.0 Å². The average Bonchev–Trinajstić information content (AvgIpc) is 3.25. The van der Waals surface area contributed by atoms with Crippen LogP contribution in [0.25, 0.3) is 0 Å². The van der Waals surface area contributed by atoms with Gasteiger partial charge >= 0.3 is 0 Å². The number of pyridine rings is 1. The summed E-state index contributed by atoms with van der Waals surface area (Å²) in [5, 5.41) is 10.5. The predicted molar refractivity (Wildman–Crippen MR) is 130 cm³/mol. The number of guanidine groups is 1. The molecule has 0 amide bonds. The highest BCUT2D eigenvalue weighted by molar-refractivity contribution is 14.0. The molecule has 0 atom stereocenters. The van der Waals surface area contributed by atoms with Crippen LogP contribution in [0.5, 0.6) is 17.4 Å². The third kappa shape index (κ3) is 7.42. The van der Waals surface area contributed by atoms with Gasteiger partial charge in [0, 0.05) is 31.9 Å². The predicted octanol–water partition coefficient (Wildman–Crippen LogP) is 4.48. The Morgan fingerprint density at radius 1 is 1.06 bits per heavy atom. The second-order valence-electron chi connectivity index (χ2n) is 6.93. The van der Waals surface area contributed by atoms with E-state index in [1.54, 1.807) is 20.4 Å². The molecule has 9 heteroatoms. The molecule has 166 valence electrons. The lowest BCUT2D eigenvalue weighted by atomic mass is 10.1. The Labute approximate surface area is 199 Å². The van der Waals surface area contributed by atoms with Gasteiger partial charge in [-0.3, -0.25) is 4.99 Å². The van der Waals surface area contributed by atoms with Crippen LogP contribution in [0.1, 0.15) is 36.8 Å². The molecule has 31 heavy (non-hydrogen) atoms. The highest BCUT2D eigenvalue weighted by Gasteiger charge is 2.08. The molecule has 0 aliphatic rings. The van der Waals surface area contributed by atoms with Crippen molar-refractivity contribution >= 4 is 29.9 Å².